The minimum Gasteiger partial charge on any atom is -0.495 e. The number of hydrogen-bond donors (Lipinski definition) is 1. The number of carbonyl (C=O) groups is 1. The molecule has 0 bridgehead atoms. The SMILES string of the molecule is COc1ccc(NS(=O)(=O)c2cc(-c3nnc(C(=O)N4CCCC4)o3)sc2C)cc1Cl. The number of aromatic nitrogens is 2. The molecule has 1 fully saturated rings. The number of benzene rings is 1. The van der Waals surface area contributed by atoms with Gasteiger partial charge in [-0.05, 0) is 44.0 Å². The summed E-state index contributed by atoms with van der Waals surface area (Å²) in [4.78, 5) is 15.1. The lowest BCUT2D eigenvalue weighted by Crippen LogP contribution is -2.27. The molecular weight excluding hydrogens is 464 g/mol. The molecule has 1 aliphatic heterocycles. The van der Waals surface area contributed by atoms with Crippen LogP contribution >= 0.6 is 22.9 Å². The first-order valence-electron chi connectivity index (χ1n) is 9.38. The van der Waals surface area contributed by atoms with Gasteiger partial charge in [-0.15, -0.1) is 21.5 Å². The molecular formula is C19H19ClN4O5S2. The molecule has 0 saturated carbocycles. The van der Waals surface area contributed by atoms with Crippen molar-refractivity contribution in [2.45, 2.75) is 24.7 Å². The van der Waals surface area contributed by atoms with Crippen LogP contribution in [0.5, 0.6) is 5.75 Å². The van der Waals surface area contributed by atoms with Gasteiger partial charge in [0, 0.05) is 18.0 Å². The zero-order valence-electron chi connectivity index (χ0n) is 16.7. The van der Waals surface area contributed by atoms with Crippen LogP contribution in [-0.4, -0.2) is 49.6 Å². The number of anilines is 1. The van der Waals surface area contributed by atoms with E-state index in [1.807, 2.05) is 0 Å². The summed E-state index contributed by atoms with van der Waals surface area (Å²) in [5.41, 5.74) is 0.300. The molecule has 1 aliphatic rings. The summed E-state index contributed by atoms with van der Waals surface area (Å²) < 4.78 is 38.9. The Balaban J connectivity index is 1.57. The van der Waals surface area contributed by atoms with Gasteiger partial charge in [0.15, 0.2) is 0 Å². The summed E-state index contributed by atoms with van der Waals surface area (Å²) in [7, 11) is -2.42. The van der Waals surface area contributed by atoms with Crippen molar-refractivity contribution in [1.82, 2.24) is 15.1 Å². The minimum absolute atomic E-state index is 0.0741. The number of carbonyl (C=O) groups excluding carboxylic acids is 1. The van der Waals surface area contributed by atoms with Crippen LogP contribution in [0.1, 0.15) is 28.4 Å². The summed E-state index contributed by atoms with van der Waals surface area (Å²) in [6.07, 6.45) is 1.90. The van der Waals surface area contributed by atoms with Crippen LogP contribution in [0.4, 0.5) is 5.69 Å². The Morgan fingerprint density at radius 1 is 1.26 bits per heavy atom. The fourth-order valence-corrected chi connectivity index (χ4v) is 6.06. The van der Waals surface area contributed by atoms with Crippen molar-refractivity contribution in [2.24, 2.45) is 0 Å². The fourth-order valence-electron chi connectivity index (χ4n) is 3.24. The van der Waals surface area contributed by atoms with Gasteiger partial charge in [-0.1, -0.05) is 11.6 Å². The van der Waals surface area contributed by atoms with Crippen molar-refractivity contribution < 1.29 is 22.4 Å². The molecule has 9 nitrogen and oxygen atoms in total. The third kappa shape index (κ3) is 4.39. The van der Waals surface area contributed by atoms with Gasteiger partial charge in [0.1, 0.15) is 10.6 Å². The Kier molecular flexibility index (Phi) is 5.91. The predicted molar refractivity (Wildman–Crippen MR) is 116 cm³/mol. The number of halogens is 1. The first-order valence-corrected chi connectivity index (χ1v) is 12.1. The largest absolute Gasteiger partial charge is 0.495 e. The van der Waals surface area contributed by atoms with Gasteiger partial charge >= 0.3 is 11.8 Å². The van der Waals surface area contributed by atoms with Crippen LogP contribution in [0.2, 0.25) is 5.02 Å². The molecule has 1 amide bonds. The van der Waals surface area contributed by atoms with Gasteiger partial charge < -0.3 is 14.1 Å². The van der Waals surface area contributed by atoms with Crippen LogP contribution < -0.4 is 9.46 Å². The van der Waals surface area contributed by atoms with Crippen LogP contribution in [0.15, 0.2) is 33.6 Å². The lowest BCUT2D eigenvalue weighted by Gasteiger charge is -2.11. The minimum atomic E-state index is -3.89. The quantitative estimate of drug-likeness (QED) is 0.568. The summed E-state index contributed by atoms with van der Waals surface area (Å²) in [6, 6.07) is 6.04. The molecule has 1 aromatic carbocycles. The maximum absolute atomic E-state index is 12.9. The van der Waals surface area contributed by atoms with Gasteiger partial charge in [0.25, 0.3) is 15.9 Å². The molecule has 164 valence electrons. The first kappa shape index (κ1) is 21.6. The second-order valence-electron chi connectivity index (χ2n) is 6.90. The van der Waals surface area contributed by atoms with E-state index in [-0.39, 0.29) is 27.6 Å². The molecule has 31 heavy (non-hydrogen) atoms. The number of rotatable bonds is 6. The smallest absolute Gasteiger partial charge is 0.311 e. The maximum atomic E-state index is 12.9. The second kappa shape index (κ2) is 8.48. The van der Waals surface area contributed by atoms with Crippen molar-refractivity contribution >= 4 is 44.6 Å². The number of sulfonamides is 1. The second-order valence-corrected chi connectivity index (χ2v) is 10.2. The molecule has 0 unspecified atom stereocenters. The first-order chi connectivity index (χ1) is 14.8. The number of amides is 1. The Morgan fingerprint density at radius 3 is 2.68 bits per heavy atom. The van der Waals surface area contributed by atoms with E-state index in [1.54, 1.807) is 24.0 Å². The van der Waals surface area contributed by atoms with Crippen molar-refractivity contribution in [3.63, 3.8) is 0 Å². The van der Waals surface area contributed by atoms with Gasteiger partial charge in [-0.3, -0.25) is 9.52 Å². The Morgan fingerprint density at radius 2 is 2.00 bits per heavy atom. The van der Waals surface area contributed by atoms with E-state index in [4.69, 9.17) is 20.8 Å². The summed E-state index contributed by atoms with van der Waals surface area (Å²) in [6.45, 7) is 3.01. The number of likely N-dealkylation sites (tertiary alicyclic amines) is 1. The normalized spacial score (nSPS) is 14.1. The molecule has 1 saturated heterocycles. The lowest BCUT2D eigenvalue weighted by atomic mass is 10.3. The van der Waals surface area contributed by atoms with Crippen molar-refractivity contribution in [3.8, 4) is 16.5 Å². The van der Waals surface area contributed by atoms with Crippen LogP contribution in [-0.2, 0) is 10.0 Å². The molecule has 12 heteroatoms. The third-order valence-corrected chi connectivity index (χ3v) is 7.75. The fraction of sp³-hybridized carbons (Fsp3) is 0.316. The zero-order valence-corrected chi connectivity index (χ0v) is 19.1. The molecule has 0 radical (unpaired) electrons. The number of aryl methyl sites for hydroxylation is 1. The van der Waals surface area contributed by atoms with E-state index in [0.717, 1.165) is 12.8 Å². The van der Waals surface area contributed by atoms with E-state index in [0.29, 0.717) is 34.3 Å². The van der Waals surface area contributed by atoms with E-state index in [1.165, 1.54) is 30.6 Å². The van der Waals surface area contributed by atoms with Crippen LogP contribution in [0.25, 0.3) is 10.8 Å². The topological polar surface area (TPSA) is 115 Å². The summed E-state index contributed by atoms with van der Waals surface area (Å²) in [5, 5.41) is 8.05. The average molecular weight is 483 g/mol. The van der Waals surface area contributed by atoms with E-state index in [9.17, 15) is 13.2 Å². The number of nitrogens with one attached hydrogen (secondary N) is 1. The zero-order chi connectivity index (χ0) is 22.2. The average Bonchev–Trinajstić information content (AvgIpc) is 3.48. The standard InChI is InChI=1S/C19H19ClN4O5S2/c1-11-16(31(26,27)23-12-5-6-14(28-2)13(20)9-12)10-15(30-11)17-21-22-18(29-17)19(25)24-7-3-4-8-24/h5-6,9-10,23H,3-4,7-8H2,1-2H3. The third-order valence-electron chi connectivity index (χ3n) is 4.78. The van der Waals surface area contributed by atoms with Crippen molar-refractivity contribution in [3.05, 3.63) is 40.1 Å². The number of ether oxygens (including phenoxy) is 1. The molecule has 0 spiro atoms. The molecule has 3 heterocycles. The number of methoxy groups -OCH3 is 1. The number of thiophene rings is 1. The maximum Gasteiger partial charge on any atom is 0.311 e. The molecule has 2 aromatic heterocycles. The number of nitrogens with zero attached hydrogens (tertiary/aromatic N) is 3. The Labute approximate surface area is 188 Å². The van der Waals surface area contributed by atoms with Gasteiger partial charge in [-0.2, -0.15) is 0 Å². The summed E-state index contributed by atoms with van der Waals surface area (Å²) >= 11 is 7.26. The van der Waals surface area contributed by atoms with E-state index < -0.39 is 10.0 Å². The monoisotopic (exact) mass is 482 g/mol. The van der Waals surface area contributed by atoms with Crippen molar-refractivity contribution in [2.75, 3.05) is 24.9 Å². The highest BCUT2D eigenvalue weighted by atomic mass is 35.5. The van der Waals surface area contributed by atoms with Crippen LogP contribution in [0.3, 0.4) is 0 Å². The van der Waals surface area contributed by atoms with E-state index in [2.05, 4.69) is 14.9 Å². The molecule has 0 aliphatic carbocycles. The molecule has 3 aromatic rings. The van der Waals surface area contributed by atoms with Gasteiger partial charge in [0.05, 0.1) is 22.7 Å². The van der Waals surface area contributed by atoms with Gasteiger partial charge in [-0.25, -0.2) is 8.42 Å². The lowest BCUT2D eigenvalue weighted by molar-refractivity contribution is 0.0754. The Bertz CT molecular complexity index is 1230. The predicted octanol–water partition coefficient (Wildman–Crippen LogP) is 3.81. The molecule has 1 N–H and O–H groups in total. The Hall–Kier alpha value is -2.63. The number of hydrogen-bond acceptors (Lipinski definition) is 8. The molecule has 0 atom stereocenters. The highest BCUT2D eigenvalue weighted by Gasteiger charge is 2.27. The van der Waals surface area contributed by atoms with E-state index >= 15 is 0 Å². The highest BCUT2D eigenvalue weighted by molar-refractivity contribution is 7.93. The highest BCUT2D eigenvalue weighted by Crippen LogP contribution is 2.35. The van der Waals surface area contributed by atoms with Crippen LogP contribution in [0, 0.1) is 6.92 Å². The molecule has 4 rings (SSSR count). The summed E-state index contributed by atoms with van der Waals surface area (Å²) in [5.74, 6) is 0.132. The van der Waals surface area contributed by atoms with Gasteiger partial charge in [0.2, 0.25) is 0 Å². The van der Waals surface area contributed by atoms with Crippen molar-refractivity contribution in [1.29, 1.82) is 0 Å².